The van der Waals surface area contributed by atoms with Crippen LogP contribution in [-0.4, -0.2) is 15.0 Å². The van der Waals surface area contributed by atoms with Crippen molar-refractivity contribution >= 4 is 10.0 Å². The second-order valence-corrected chi connectivity index (χ2v) is 7.58. The molecule has 1 aromatic rings. The Kier molecular flexibility index (Phi) is 4.28. The van der Waals surface area contributed by atoms with Crippen LogP contribution in [0.3, 0.4) is 0 Å². The number of hydrogen-bond donors (Lipinski definition) is 2. The van der Waals surface area contributed by atoms with Gasteiger partial charge in [0.1, 0.15) is 0 Å². The van der Waals surface area contributed by atoms with E-state index in [-0.39, 0.29) is 11.2 Å². The molecule has 1 aromatic carbocycles. The van der Waals surface area contributed by atoms with Crippen molar-refractivity contribution in [2.75, 3.05) is 6.54 Å². The van der Waals surface area contributed by atoms with E-state index in [4.69, 9.17) is 5.73 Å². The fourth-order valence-electron chi connectivity index (χ4n) is 2.36. The molecule has 1 aliphatic rings. The van der Waals surface area contributed by atoms with Crippen LogP contribution in [0.4, 0.5) is 0 Å². The van der Waals surface area contributed by atoms with Gasteiger partial charge in [0.05, 0.1) is 5.75 Å². The van der Waals surface area contributed by atoms with Crippen LogP contribution in [-0.2, 0) is 22.3 Å². The lowest BCUT2D eigenvalue weighted by Gasteiger charge is -2.38. The number of benzene rings is 1. The second kappa shape index (κ2) is 5.61. The van der Waals surface area contributed by atoms with Gasteiger partial charge in [-0.2, -0.15) is 0 Å². The molecule has 0 saturated heterocycles. The number of rotatable bonds is 6. The average Bonchev–Trinajstić information content (AvgIpc) is 2.34. The predicted molar refractivity (Wildman–Crippen MR) is 76.9 cm³/mol. The molecule has 106 valence electrons. The molecule has 4 nitrogen and oxygen atoms in total. The summed E-state index contributed by atoms with van der Waals surface area (Å²) in [6.07, 6.45) is 3.42. The van der Waals surface area contributed by atoms with E-state index in [1.807, 2.05) is 24.3 Å². The first kappa shape index (κ1) is 14.5. The molecule has 0 amide bonds. The first-order chi connectivity index (χ1) is 8.92. The van der Waals surface area contributed by atoms with Gasteiger partial charge in [-0.15, -0.1) is 0 Å². The van der Waals surface area contributed by atoms with Crippen LogP contribution in [0.25, 0.3) is 0 Å². The minimum absolute atomic E-state index is 0.0247. The van der Waals surface area contributed by atoms with E-state index < -0.39 is 10.0 Å². The summed E-state index contributed by atoms with van der Waals surface area (Å²) >= 11 is 0. The molecule has 0 bridgehead atoms. The van der Waals surface area contributed by atoms with Crippen molar-refractivity contribution in [3.8, 4) is 0 Å². The summed E-state index contributed by atoms with van der Waals surface area (Å²) in [5.74, 6) is 0.0247. The van der Waals surface area contributed by atoms with Crippen LogP contribution in [0, 0.1) is 5.41 Å². The first-order valence-corrected chi connectivity index (χ1v) is 8.33. The largest absolute Gasteiger partial charge is 0.326 e. The van der Waals surface area contributed by atoms with E-state index in [2.05, 4.69) is 11.6 Å². The molecule has 1 fully saturated rings. The number of nitrogens with one attached hydrogen (secondary N) is 1. The smallest absolute Gasteiger partial charge is 0.215 e. The molecule has 0 atom stereocenters. The average molecular weight is 282 g/mol. The lowest BCUT2D eigenvalue weighted by molar-refractivity contribution is 0.166. The van der Waals surface area contributed by atoms with Crippen molar-refractivity contribution in [2.45, 2.75) is 38.5 Å². The van der Waals surface area contributed by atoms with Crippen LogP contribution >= 0.6 is 0 Å². The third-order valence-electron chi connectivity index (χ3n) is 3.86. The minimum atomic E-state index is -3.26. The van der Waals surface area contributed by atoms with Gasteiger partial charge in [0.25, 0.3) is 0 Å². The van der Waals surface area contributed by atoms with Crippen LogP contribution in [0.1, 0.15) is 37.3 Å². The Bertz CT molecular complexity index is 536. The van der Waals surface area contributed by atoms with Gasteiger partial charge in [0.15, 0.2) is 0 Å². The standard InChI is InChI=1S/C14H22N2O2S/c1-14(6-3-7-14)11-16-19(17,18)10-13-5-2-4-12(8-13)9-15/h2,4-5,8,16H,3,6-7,9-11,15H2,1H3. The summed E-state index contributed by atoms with van der Waals surface area (Å²) in [6, 6.07) is 7.42. The summed E-state index contributed by atoms with van der Waals surface area (Å²) in [6.45, 7) is 3.11. The van der Waals surface area contributed by atoms with Crippen molar-refractivity contribution in [1.82, 2.24) is 4.72 Å². The maximum atomic E-state index is 12.0. The molecule has 5 heteroatoms. The van der Waals surface area contributed by atoms with E-state index in [0.29, 0.717) is 13.1 Å². The quantitative estimate of drug-likeness (QED) is 0.835. The fraction of sp³-hybridized carbons (Fsp3) is 0.571. The molecule has 0 spiro atoms. The Hall–Kier alpha value is -0.910. The van der Waals surface area contributed by atoms with Crippen LogP contribution in [0.5, 0.6) is 0 Å². The first-order valence-electron chi connectivity index (χ1n) is 6.68. The lowest BCUT2D eigenvalue weighted by Crippen LogP contribution is -2.40. The van der Waals surface area contributed by atoms with E-state index >= 15 is 0 Å². The van der Waals surface area contributed by atoms with Crippen molar-refractivity contribution in [3.63, 3.8) is 0 Å². The van der Waals surface area contributed by atoms with E-state index in [1.165, 1.54) is 6.42 Å². The molecule has 2 rings (SSSR count). The Morgan fingerprint density at radius 3 is 2.58 bits per heavy atom. The van der Waals surface area contributed by atoms with Crippen LogP contribution in [0.15, 0.2) is 24.3 Å². The lowest BCUT2D eigenvalue weighted by atomic mass is 9.71. The highest BCUT2D eigenvalue weighted by Gasteiger charge is 2.32. The SMILES string of the molecule is CC1(CNS(=O)(=O)Cc2cccc(CN)c2)CCC1. The zero-order valence-corrected chi connectivity index (χ0v) is 12.2. The molecular formula is C14H22N2O2S. The Labute approximate surface area is 115 Å². The number of nitrogens with two attached hydrogens (primary N) is 1. The van der Waals surface area contributed by atoms with Gasteiger partial charge in [-0.25, -0.2) is 13.1 Å². The van der Waals surface area contributed by atoms with E-state index in [0.717, 1.165) is 24.0 Å². The van der Waals surface area contributed by atoms with Gasteiger partial charge < -0.3 is 5.73 Å². The van der Waals surface area contributed by atoms with Crippen LogP contribution < -0.4 is 10.5 Å². The Balaban J connectivity index is 1.96. The fourth-order valence-corrected chi connectivity index (χ4v) is 3.65. The summed E-state index contributed by atoms with van der Waals surface area (Å²) in [5, 5.41) is 0. The van der Waals surface area contributed by atoms with Gasteiger partial charge in [-0.05, 0) is 29.4 Å². The van der Waals surface area contributed by atoms with Gasteiger partial charge in [-0.1, -0.05) is 37.6 Å². The summed E-state index contributed by atoms with van der Waals surface area (Å²) in [5.41, 5.74) is 7.46. The summed E-state index contributed by atoms with van der Waals surface area (Å²) in [4.78, 5) is 0. The van der Waals surface area contributed by atoms with Crippen molar-refractivity contribution in [1.29, 1.82) is 0 Å². The highest BCUT2D eigenvalue weighted by molar-refractivity contribution is 7.88. The predicted octanol–water partition coefficient (Wildman–Crippen LogP) is 1.75. The topological polar surface area (TPSA) is 72.2 Å². The monoisotopic (exact) mass is 282 g/mol. The van der Waals surface area contributed by atoms with Crippen LogP contribution in [0.2, 0.25) is 0 Å². The van der Waals surface area contributed by atoms with E-state index in [1.54, 1.807) is 0 Å². The van der Waals surface area contributed by atoms with Gasteiger partial charge in [0, 0.05) is 13.1 Å². The molecule has 0 aromatic heterocycles. The molecular weight excluding hydrogens is 260 g/mol. The van der Waals surface area contributed by atoms with Gasteiger partial charge >= 0.3 is 0 Å². The van der Waals surface area contributed by atoms with Crippen molar-refractivity contribution in [3.05, 3.63) is 35.4 Å². The highest BCUT2D eigenvalue weighted by atomic mass is 32.2. The summed E-state index contributed by atoms with van der Waals surface area (Å²) in [7, 11) is -3.26. The molecule has 0 radical (unpaired) electrons. The van der Waals surface area contributed by atoms with Crippen molar-refractivity contribution < 1.29 is 8.42 Å². The maximum absolute atomic E-state index is 12.0. The third kappa shape index (κ3) is 4.03. The summed E-state index contributed by atoms with van der Waals surface area (Å²) < 4.78 is 26.8. The normalized spacial score (nSPS) is 18.0. The maximum Gasteiger partial charge on any atom is 0.215 e. The molecule has 1 aliphatic carbocycles. The molecule has 19 heavy (non-hydrogen) atoms. The van der Waals surface area contributed by atoms with Crippen molar-refractivity contribution in [2.24, 2.45) is 11.1 Å². The molecule has 1 saturated carbocycles. The molecule has 0 unspecified atom stereocenters. The zero-order chi connectivity index (χ0) is 13.9. The number of sulfonamides is 1. The van der Waals surface area contributed by atoms with Gasteiger partial charge in [0.2, 0.25) is 10.0 Å². The highest BCUT2D eigenvalue weighted by Crippen LogP contribution is 2.39. The molecule has 3 N–H and O–H groups in total. The Morgan fingerprint density at radius 2 is 2.00 bits per heavy atom. The third-order valence-corrected chi connectivity index (χ3v) is 5.16. The Morgan fingerprint density at radius 1 is 1.32 bits per heavy atom. The molecule has 0 heterocycles. The van der Waals surface area contributed by atoms with Gasteiger partial charge in [-0.3, -0.25) is 0 Å². The van der Waals surface area contributed by atoms with E-state index in [9.17, 15) is 8.42 Å². The zero-order valence-electron chi connectivity index (χ0n) is 11.4. The minimum Gasteiger partial charge on any atom is -0.326 e. The second-order valence-electron chi connectivity index (χ2n) is 5.77. The number of hydrogen-bond acceptors (Lipinski definition) is 3. The molecule has 0 aliphatic heterocycles.